The maximum atomic E-state index is 11.2. The number of hydrogen-bond donors (Lipinski definition) is 0. The van der Waals surface area contributed by atoms with E-state index >= 15 is 0 Å². The number of benzene rings is 2. The molecule has 0 radical (unpaired) electrons. The minimum atomic E-state index is 0.664. The Balaban J connectivity index is 2.52. The largest absolute Gasteiger partial charge is 0.298 e. The Morgan fingerprint density at radius 1 is 0.824 bits per heavy atom. The van der Waals surface area contributed by atoms with Crippen molar-refractivity contribution < 1.29 is 4.79 Å². The first-order valence-corrected chi connectivity index (χ1v) is 6.08. The molecule has 0 amide bonds. The fourth-order valence-corrected chi connectivity index (χ4v) is 2.19. The predicted molar refractivity (Wildman–Crippen MR) is 74.7 cm³/mol. The molecule has 0 unspecified atom stereocenters. The fraction of sp³-hybridized carbons (Fsp3) is 0. The first-order chi connectivity index (χ1) is 8.33. The molecule has 0 saturated carbocycles. The summed E-state index contributed by atoms with van der Waals surface area (Å²) in [4.78, 5) is 11.2. The zero-order valence-corrected chi connectivity index (χ0v) is 10.7. The van der Waals surface area contributed by atoms with Gasteiger partial charge in [0.1, 0.15) is 0 Å². The van der Waals surface area contributed by atoms with Crippen LogP contribution >= 0.6 is 15.9 Å². The minimum absolute atomic E-state index is 0.664. The zero-order chi connectivity index (χ0) is 12.1. The molecular weight excluding hydrogens is 276 g/mol. The summed E-state index contributed by atoms with van der Waals surface area (Å²) < 4.78 is 0.819. The highest BCUT2D eigenvalue weighted by atomic mass is 79.9. The van der Waals surface area contributed by atoms with Crippen LogP contribution in [0.15, 0.2) is 60.7 Å². The summed E-state index contributed by atoms with van der Waals surface area (Å²) in [5.74, 6) is 0. The molecule has 84 valence electrons. The quantitative estimate of drug-likeness (QED) is 0.471. The van der Waals surface area contributed by atoms with E-state index in [1.165, 1.54) is 0 Å². The van der Waals surface area contributed by atoms with Gasteiger partial charge in [-0.25, -0.2) is 0 Å². The summed E-state index contributed by atoms with van der Waals surface area (Å²) in [6.45, 7) is 0. The second-order valence-corrected chi connectivity index (χ2v) is 4.37. The third-order valence-corrected chi connectivity index (χ3v) is 3.35. The van der Waals surface area contributed by atoms with Gasteiger partial charge in [0.2, 0.25) is 0 Å². The molecule has 0 heterocycles. The number of carbonyl (C=O) groups excluding carboxylic acids is 1. The molecule has 0 aliphatic heterocycles. The fourth-order valence-electron chi connectivity index (χ4n) is 1.60. The van der Waals surface area contributed by atoms with Crippen molar-refractivity contribution in [3.8, 4) is 0 Å². The van der Waals surface area contributed by atoms with E-state index in [2.05, 4.69) is 15.9 Å². The molecule has 1 nitrogen and oxygen atoms in total. The molecule has 0 fully saturated rings. The maximum Gasteiger partial charge on any atom is 0.151 e. The van der Waals surface area contributed by atoms with Crippen LogP contribution in [0.2, 0.25) is 0 Å². The van der Waals surface area contributed by atoms with Crippen molar-refractivity contribution in [2.45, 2.75) is 0 Å². The third-order valence-electron chi connectivity index (χ3n) is 2.47. The van der Waals surface area contributed by atoms with Crippen molar-refractivity contribution >= 4 is 32.3 Å². The average molecular weight is 287 g/mol. The van der Waals surface area contributed by atoms with E-state index in [9.17, 15) is 4.79 Å². The van der Waals surface area contributed by atoms with E-state index in [1.54, 1.807) is 0 Å². The number of carbonyl (C=O) groups is 1. The van der Waals surface area contributed by atoms with Gasteiger partial charge in [-0.05, 0) is 27.1 Å². The topological polar surface area (TPSA) is 17.1 Å². The van der Waals surface area contributed by atoms with Gasteiger partial charge < -0.3 is 0 Å². The van der Waals surface area contributed by atoms with Gasteiger partial charge in [0.15, 0.2) is 6.29 Å². The Morgan fingerprint density at radius 3 is 1.76 bits per heavy atom. The summed E-state index contributed by atoms with van der Waals surface area (Å²) in [5.41, 5.74) is 2.58. The minimum Gasteiger partial charge on any atom is -0.298 e. The average Bonchev–Trinajstić information content (AvgIpc) is 2.42. The third kappa shape index (κ3) is 2.71. The molecule has 2 aromatic carbocycles. The zero-order valence-electron chi connectivity index (χ0n) is 9.14. The van der Waals surface area contributed by atoms with Crippen LogP contribution in [0.5, 0.6) is 0 Å². The van der Waals surface area contributed by atoms with Gasteiger partial charge in [0.05, 0.1) is 0 Å². The van der Waals surface area contributed by atoms with Crippen molar-refractivity contribution in [2.75, 3.05) is 0 Å². The van der Waals surface area contributed by atoms with Gasteiger partial charge in [0, 0.05) is 10.1 Å². The number of hydrogen-bond acceptors (Lipinski definition) is 1. The van der Waals surface area contributed by atoms with Crippen LogP contribution in [0.25, 0.3) is 10.1 Å². The van der Waals surface area contributed by atoms with Gasteiger partial charge >= 0.3 is 0 Å². The van der Waals surface area contributed by atoms with E-state index in [1.807, 2.05) is 60.7 Å². The van der Waals surface area contributed by atoms with Crippen LogP contribution < -0.4 is 0 Å². The first kappa shape index (κ1) is 11.8. The molecule has 2 aromatic rings. The van der Waals surface area contributed by atoms with Gasteiger partial charge in [-0.1, -0.05) is 60.7 Å². The lowest BCUT2D eigenvalue weighted by Crippen LogP contribution is -1.88. The molecule has 2 heteroatoms. The highest BCUT2D eigenvalue weighted by Crippen LogP contribution is 2.29. The molecule has 0 aromatic heterocycles. The van der Waals surface area contributed by atoms with E-state index in [-0.39, 0.29) is 0 Å². The number of rotatable bonds is 3. The predicted octanol–water partition coefficient (Wildman–Crippen LogP) is 4.15. The lowest BCUT2D eigenvalue weighted by molar-refractivity contribution is -0.103. The van der Waals surface area contributed by atoms with Crippen molar-refractivity contribution in [1.82, 2.24) is 0 Å². The number of halogens is 1. The molecule has 0 aliphatic carbocycles. The number of allylic oxidation sites excluding steroid dienone is 1. The molecule has 0 atom stereocenters. The van der Waals surface area contributed by atoms with Crippen molar-refractivity contribution in [1.29, 1.82) is 0 Å². The molecule has 0 N–H and O–H groups in total. The summed E-state index contributed by atoms with van der Waals surface area (Å²) >= 11 is 3.50. The van der Waals surface area contributed by atoms with Gasteiger partial charge in [0.25, 0.3) is 0 Å². The Bertz CT molecular complexity index is 529. The van der Waals surface area contributed by atoms with Crippen LogP contribution in [-0.4, -0.2) is 6.29 Å². The highest BCUT2D eigenvalue weighted by molar-refractivity contribution is 9.15. The van der Waals surface area contributed by atoms with E-state index in [0.717, 1.165) is 21.9 Å². The standard InChI is InChI=1S/C15H11BrO/c16-15(13-9-5-2-6-10-13)14(11-17)12-7-3-1-4-8-12/h1-11H/b15-14+. The van der Waals surface area contributed by atoms with Gasteiger partial charge in [-0.15, -0.1) is 0 Å². The second-order valence-electron chi connectivity index (χ2n) is 3.58. The lowest BCUT2D eigenvalue weighted by atomic mass is 10.0. The molecular formula is C15H11BrO. The van der Waals surface area contributed by atoms with Crippen LogP contribution in [0.3, 0.4) is 0 Å². The molecule has 0 saturated heterocycles. The molecule has 0 aliphatic rings. The van der Waals surface area contributed by atoms with Gasteiger partial charge in [-0.2, -0.15) is 0 Å². The summed E-state index contributed by atoms with van der Waals surface area (Å²) in [7, 11) is 0. The normalized spacial score (nSPS) is 11.8. The van der Waals surface area contributed by atoms with Crippen molar-refractivity contribution in [3.05, 3.63) is 71.8 Å². The Hall–Kier alpha value is -1.67. The second kappa shape index (κ2) is 5.60. The van der Waals surface area contributed by atoms with Crippen molar-refractivity contribution in [3.63, 3.8) is 0 Å². The molecule has 0 spiro atoms. The number of aldehydes is 1. The Morgan fingerprint density at radius 2 is 1.29 bits per heavy atom. The SMILES string of the molecule is O=C/C(=C(\Br)c1ccccc1)c1ccccc1. The molecule has 0 bridgehead atoms. The summed E-state index contributed by atoms with van der Waals surface area (Å²) in [6.07, 6.45) is 0.881. The molecule has 2 rings (SSSR count). The monoisotopic (exact) mass is 286 g/mol. The maximum absolute atomic E-state index is 11.2. The highest BCUT2D eigenvalue weighted by Gasteiger charge is 2.07. The summed E-state index contributed by atoms with van der Waals surface area (Å²) in [6, 6.07) is 19.4. The van der Waals surface area contributed by atoms with Crippen LogP contribution in [-0.2, 0) is 4.79 Å². The Labute approximate surface area is 109 Å². The van der Waals surface area contributed by atoms with Gasteiger partial charge in [-0.3, -0.25) is 4.79 Å². The van der Waals surface area contributed by atoms with Crippen LogP contribution in [0.1, 0.15) is 11.1 Å². The lowest BCUT2D eigenvalue weighted by Gasteiger charge is -2.05. The molecule has 17 heavy (non-hydrogen) atoms. The van der Waals surface area contributed by atoms with Crippen LogP contribution in [0.4, 0.5) is 0 Å². The van der Waals surface area contributed by atoms with Crippen molar-refractivity contribution in [2.24, 2.45) is 0 Å². The van der Waals surface area contributed by atoms with Crippen LogP contribution in [0, 0.1) is 0 Å². The first-order valence-electron chi connectivity index (χ1n) is 5.28. The Kier molecular flexibility index (Phi) is 3.89. The smallest absolute Gasteiger partial charge is 0.151 e. The summed E-state index contributed by atoms with van der Waals surface area (Å²) in [5, 5.41) is 0. The van der Waals surface area contributed by atoms with E-state index < -0.39 is 0 Å². The van der Waals surface area contributed by atoms with E-state index in [4.69, 9.17) is 0 Å². The van der Waals surface area contributed by atoms with E-state index in [0.29, 0.717) is 5.57 Å².